The Kier molecular flexibility index (Phi) is 1.72. The van der Waals surface area contributed by atoms with E-state index in [2.05, 4.69) is 33.8 Å². The summed E-state index contributed by atoms with van der Waals surface area (Å²) in [6.45, 7) is 8.81. The van der Waals surface area contributed by atoms with Crippen LogP contribution in [0.5, 0.6) is 0 Å². The molecule has 0 bridgehead atoms. The molecule has 12 heavy (non-hydrogen) atoms. The molecule has 1 aliphatic heterocycles. The maximum absolute atomic E-state index is 3.44. The van der Waals surface area contributed by atoms with E-state index >= 15 is 0 Å². The van der Waals surface area contributed by atoms with Gasteiger partial charge >= 0.3 is 0 Å². The summed E-state index contributed by atoms with van der Waals surface area (Å²) in [5, 5.41) is 0.602. The Hall–Kier alpha value is -0.430. The normalized spacial score (nSPS) is 28.3. The van der Waals surface area contributed by atoms with Gasteiger partial charge in [0.05, 0.1) is 5.25 Å². The predicted molar refractivity (Wildman–Crippen MR) is 54.9 cm³/mol. The molecular formula is C11H13S. The fourth-order valence-electron chi connectivity index (χ4n) is 1.81. The standard InChI is InChI=1S/C11H13S/c1-6-5-10-8(3)7(2)9(4)11(10)12-6/h11H,1-4H3. The Bertz CT molecular complexity index is 329. The maximum atomic E-state index is 3.44. The first-order valence-electron chi connectivity index (χ1n) is 4.27. The van der Waals surface area contributed by atoms with Crippen LogP contribution < -0.4 is 0 Å². The first kappa shape index (κ1) is 8.18. The van der Waals surface area contributed by atoms with Crippen molar-refractivity contribution in [2.45, 2.75) is 32.9 Å². The molecule has 2 rings (SSSR count). The molecule has 2 aliphatic rings. The highest BCUT2D eigenvalue weighted by molar-refractivity contribution is 8.04. The van der Waals surface area contributed by atoms with Crippen LogP contribution in [0.2, 0.25) is 0 Å². The minimum atomic E-state index is 0.602. The average molecular weight is 177 g/mol. The third-order valence-electron chi connectivity index (χ3n) is 2.82. The lowest BCUT2D eigenvalue weighted by molar-refractivity contribution is 1.20. The molecule has 0 amide bonds. The highest BCUT2D eigenvalue weighted by Gasteiger charge is 2.30. The van der Waals surface area contributed by atoms with E-state index in [-0.39, 0.29) is 0 Å². The molecule has 0 spiro atoms. The van der Waals surface area contributed by atoms with Crippen LogP contribution in [0.1, 0.15) is 27.7 Å². The van der Waals surface area contributed by atoms with E-state index in [4.69, 9.17) is 0 Å². The van der Waals surface area contributed by atoms with Gasteiger partial charge in [-0.15, -0.1) is 11.8 Å². The van der Waals surface area contributed by atoms with Gasteiger partial charge in [0.25, 0.3) is 0 Å². The van der Waals surface area contributed by atoms with E-state index in [1.807, 2.05) is 11.8 Å². The Labute approximate surface area is 78.4 Å². The van der Waals surface area contributed by atoms with Crippen LogP contribution in [0.15, 0.2) is 27.2 Å². The minimum absolute atomic E-state index is 0.602. The predicted octanol–water partition coefficient (Wildman–Crippen LogP) is 3.48. The number of hydrogen-bond acceptors (Lipinski definition) is 1. The van der Waals surface area contributed by atoms with Crippen LogP contribution in [-0.4, -0.2) is 5.25 Å². The molecule has 0 aromatic rings. The Morgan fingerprint density at radius 3 is 2.33 bits per heavy atom. The first-order chi connectivity index (χ1) is 5.61. The Morgan fingerprint density at radius 2 is 1.75 bits per heavy atom. The molecule has 0 fully saturated rings. The summed E-state index contributed by atoms with van der Waals surface area (Å²) >= 11 is 1.94. The number of rotatable bonds is 0. The van der Waals surface area contributed by atoms with Gasteiger partial charge in [0.1, 0.15) is 0 Å². The third-order valence-corrected chi connectivity index (χ3v) is 4.10. The van der Waals surface area contributed by atoms with Crippen LogP contribution in [0.4, 0.5) is 0 Å². The van der Waals surface area contributed by atoms with Gasteiger partial charge in [-0.05, 0) is 55.4 Å². The van der Waals surface area contributed by atoms with Crippen LogP contribution in [0, 0.1) is 6.08 Å². The lowest BCUT2D eigenvalue weighted by Gasteiger charge is -2.06. The largest absolute Gasteiger partial charge is 0.117 e. The van der Waals surface area contributed by atoms with E-state index in [1.165, 1.54) is 27.2 Å². The van der Waals surface area contributed by atoms with Gasteiger partial charge in [-0.1, -0.05) is 5.57 Å². The molecule has 0 N–H and O–H groups in total. The molecule has 1 atom stereocenters. The van der Waals surface area contributed by atoms with Crippen molar-refractivity contribution >= 4 is 11.8 Å². The zero-order chi connectivity index (χ0) is 8.88. The van der Waals surface area contributed by atoms with Crippen molar-refractivity contribution in [1.82, 2.24) is 0 Å². The summed E-state index contributed by atoms with van der Waals surface area (Å²) in [5.74, 6) is 0. The molecule has 0 nitrogen and oxygen atoms in total. The van der Waals surface area contributed by atoms with Crippen molar-refractivity contribution in [3.8, 4) is 0 Å². The number of allylic oxidation sites excluding steroid dienone is 4. The molecule has 1 unspecified atom stereocenters. The summed E-state index contributed by atoms with van der Waals surface area (Å²) in [7, 11) is 0. The van der Waals surface area contributed by atoms with Gasteiger partial charge < -0.3 is 0 Å². The SMILES string of the molecule is CC1=[C]C2=C(C)C(C)=C(C)C2S1. The lowest BCUT2D eigenvalue weighted by atomic mass is 10.1. The number of thioether (sulfide) groups is 1. The van der Waals surface area contributed by atoms with Crippen molar-refractivity contribution in [2.24, 2.45) is 0 Å². The molecule has 0 saturated carbocycles. The first-order valence-corrected chi connectivity index (χ1v) is 5.15. The van der Waals surface area contributed by atoms with Crippen LogP contribution in [0.3, 0.4) is 0 Å². The van der Waals surface area contributed by atoms with E-state index in [0.717, 1.165) is 0 Å². The fourth-order valence-corrected chi connectivity index (χ4v) is 3.04. The van der Waals surface area contributed by atoms with Crippen molar-refractivity contribution in [3.63, 3.8) is 0 Å². The van der Waals surface area contributed by atoms with Crippen molar-refractivity contribution in [2.75, 3.05) is 0 Å². The van der Waals surface area contributed by atoms with Crippen LogP contribution in [0.25, 0.3) is 0 Å². The highest BCUT2D eigenvalue weighted by Crippen LogP contribution is 2.47. The smallest absolute Gasteiger partial charge is 0.0562 e. The van der Waals surface area contributed by atoms with Crippen LogP contribution in [-0.2, 0) is 0 Å². The van der Waals surface area contributed by atoms with E-state index in [9.17, 15) is 0 Å². The maximum Gasteiger partial charge on any atom is 0.0562 e. The van der Waals surface area contributed by atoms with Crippen molar-refractivity contribution in [1.29, 1.82) is 0 Å². The van der Waals surface area contributed by atoms with E-state index < -0.39 is 0 Å². The molecule has 0 saturated heterocycles. The lowest BCUT2D eigenvalue weighted by Crippen LogP contribution is -1.97. The van der Waals surface area contributed by atoms with E-state index in [1.54, 1.807) is 0 Å². The highest BCUT2D eigenvalue weighted by atomic mass is 32.2. The van der Waals surface area contributed by atoms with Gasteiger partial charge in [-0.25, -0.2) is 0 Å². The summed E-state index contributed by atoms with van der Waals surface area (Å²) in [6, 6.07) is 0. The quantitative estimate of drug-likeness (QED) is 0.546. The summed E-state index contributed by atoms with van der Waals surface area (Å²) in [6.07, 6.45) is 3.44. The minimum Gasteiger partial charge on any atom is -0.117 e. The zero-order valence-corrected chi connectivity index (χ0v) is 8.80. The van der Waals surface area contributed by atoms with Gasteiger partial charge in [0, 0.05) is 0 Å². The molecule has 1 radical (unpaired) electrons. The van der Waals surface area contributed by atoms with Gasteiger partial charge in [0.2, 0.25) is 0 Å². The topological polar surface area (TPSA) is 0 Å². The fraction of sp³-hybridized carbons (Fsp3) is 0.455. The van der Waals surface area contributed by atoms with Crippen LogP contribution >= 0.6 is 11.8 Å². The molecule has 1 aliphatic carbocycles. The van der Waals surface area contributed by atoms with Gasteiger partial charge in [0.15, 0.2) is 0 Å². The number of hydrogen-bond donors (Lipinski definition) is 0. The molecule has 63 valence electrons. The number of fused-ring (bicyclic) bond motifs is 1. The van der Waals surface area contributed by atoms with Crippen molar-refractivity contribution in [3.05, 3.63) is 33.3 Å². The molecule has 0 aromatic heterocycles. The van der Waals surface area contributed by atoms with Gasteiger partial charge in [-0.3, -0.25) is 0 Å². The molecule has 0 aromatic carbocycles. The second-order valence-corrected chi connectivity index (χ2v) is 4.85. The Balaban J connectivity index is 2.49. The Morgan fingerprint density at radius 1 is 1.08 bits per heavy atom. The third kappa shape index (κ3) is 0.925. The second kappa shape index (κ2) is 2.53. The summed E-state index contributed by atoms with van der Waals surface area (Å²) in [4.78, 5) is 1.33. The zero-order valence-electron chi connectivity index (χ0n) is 7.99. The van der Waals surface area contributed by atoms with Crippen molar-refractivity contribution < 1.29 is 0 Å². The summed E-state index contributed by atoms with van der Waals surface area (Å²) < 4.78 is 0. The molecule has 1 heteroatoms. The van der Waals surface area contributed by atoms with Gasteiger partial charge in [-0.2, -0.15) is 0 Å². The molecule has 1 heterocycles. The summed E-state index contributed by atoms with van der Waals surface area (Å²) in [5.41, 5.74) is 5.87. The monoisotopic (exact) mass is 177 g/mol. The second-order valence-electron chi connectivity index (χ2n) is 3.53. The molecular weight excluding hydrogens is 164 g/mol. The van der Waals surface area contributed by atoms with E-state index in [0.29, 0.717) is 5.25 Å². The average Bonchev–Trinajstić information content (AvgIpc) is 2.49.